The maximum atomic E-state index is 13.2. The van der Waals surface area contributed by atoms with Crippen molar-refractivity contribution in [3.8, 4) is 0 Å². The summed E-state index contributed by atoms with van der Waals surface area (Å²) in [7, 11) is -3.12. The molecule has 0 aromatic heterocycles. The van der Waals surface area contributed by atoms with Crippen LogP contribution >= 0.6 is 0 Å². The number of carbonyl (C=O) groups is 1. The van der Waals surface area contributed by atoms with Crippen LogP contribution in [0, 0.1) is 16.7 Å². The quantitative estimate of drug-likeness (QED) is 0.627. The van der Waals surface area contributed by atoms with E-state index < -0.39 is 10.0 Å². The number of unbranched alkanes of at least 4 members (excludes halogenated alkanes) is 2. The molecule has 0 saturated carbocycles. The minimum absolute atomic E-state index is 0.141. The summed E-state index contributed by atoms with van der Waals surface area (Å²) < 4.78 is 24.8. The van der Waals surface area contributed by atoms with Gasteiger partial charge in [-0.25, -0.2) is 12.7 Å². The van der Waals surface area contributed by atoms with Gasteiger partial charge in [-0.2, -0.15) is 0 Å². The van der Waals surface area contributed by atoms with Crippen molar-refractivity contribution >= 4 is 21.8 Å². The topological polar surface area (TPSA) is 81.5 Å². The molecule has 2 rings (SSSR count). The first kappa shape index (κ1) is 21.4. The normalized spacial score (nSPS) is 24.0. The van der Waals surface area contributed by atoms with Crippen molar-refractivity contribution in [2.24, 2.45) is 11.3 Å². The Kier molecular flexibility index (Phi) is 7.25. The number of sulfonamides is 1. The molecule has 2 aliphatic rings. The second-order valence-corrected chi connectivity index (χ2v) is 10.1. The van der Waals surface area contributed by atoms with Crippen molar-refractivity contribution in [3.05, 3.63) is 0 Å². The first-order valence-corrected chi connectivity index (χ1v) is 11.9. The second-order valence-electron chi connectivity index (χ2n) is 8.13. The summed E-state index contributed by atoms with van der Waals surface area (Å²) in [6.07, 6.45) is 9.41. The van der Waals surface area contributed by atoms with Gasteiger partial charge in [0.25, 0.3) is 0 Å². The van der Waals surface area contributed by atoms with E-state index >= 15 is 0 Å². The lowest BCUT2D eigenvalue weighted by atomic mass is 9.77. The lowest BCUT2D eigenvalue weighted by Crippen LogP contribution is -2.37. The molecule has 0 aliphatic carbocycles. The van der Waals surface area contributed by atoms with E-state index in [-0.39, 0.29) is 17.2 Å². The monoisotopic (exact) mass is 385 g/mol. The fraction of sp³-hybridized carbons (Fsp3) is 0.895. The molecule has 0 aromatic rings. The molecular weight excluding hydrogens is 350 g/mol. The zero-order valence-corrected chi connectivity index (χ0v) is 17.4. The van der Waals surface area contributed by atoms with Gasteiger partial charge in [0.15, 0.2) is 0 Å². The number of nitrogens with zero attached hydrogens (tertiary/aromatic N) is 2. The molecule has 26 heavy (non-hydrogen) atoms. The lowest BCUT2D eigenvalue weighted by molar-refractivity contribution is -0.135. The molecule has 150 valence electrons. The lowest BCUT2D eigenvalue weighted by Gasteiger charge is -2.27. The highest BCUT2D eigenvalue weighted by molar-refractivity contribution is 7.88. The van der Waals surface area contributed by atoms with E-state index in [1.54, 1.807) is 4.90 Å². The first-order chi connectivity index (χ1) is 12.2. The SMILES string of the molecule is CCCCC1(CCCC)CC(=N)N(CCC2CCN(S(C)(=O)=O)C2)C1=O. The van der Waals surface area contributed by atoms with E-state index in [0.29, 0.717) is 31.9 Å². The molecule has 0 bridgehead atoms. The van der Waals surface area contributed by atoms with E-state index in [0.717, 1.165) is 51.4 Å². The zero-order valence-electron chi connectivity index (χ0n) is 16.6. The largest absolute Gasteiger partial charge is 0.300 e. The van der Waals surface area contributed by atoms with E-state index in [9.17, 15) is 13.2 Å². The molecule has 2 heterocycles. The molecule has 1 amide bonds. The fourth-order valence-electron chi connectivity index (χ4n) is 4.33. The smallest absolute Gasteiger partial charge is 0.234 e. The van der Waals surface area contributed by atoms with E-state index in [4.69, 9.17) is 5.41 Å². The number of rotatable bonds is 10. The molecule has 6 nitrogen and oxygen atoms in total. The van der Waals surface area contributed by atoms with Crippen molar-refractivity contribution in [2.45, 2.75) is 71.6 Å². The molecule has 0 radical (unpaired) electrons. The third-order valence-corrected chi connectivity index (χ3v) is 7.30. The Morgan fingerprint density at radius 2 is 1.81 bits per heavy atom. The standard InChI is InChI=1S/C19H35N3O3S/c1-4-6-10-19(11-7-5-2)14-17(20)22(18(19)23)13-9-16-8-12-21(15-16)26(3,24)25/h16,20H,4-15H2,1-3H3. The van der Waals surface area contributed by atoms with Gasteiger partial charge < -0.3 is 4.90 Å². The van der Waals surface area contributed by atoms with Gasteiger partial charge in [0.1, 0.15) is 5.84 Å². The van der Waals surface area contributed by atoms with Crippen molar-refractivity contribution < 1.29 is 13.2 Å². The van der Waals surface area contributed by atoms with Crippen LogP contribution in [0.15, 0.2) is 0 Å². The van der Waals surface area contributed by atoms with Crippen molar-refractivity contribution in [1.82, 2.24) is 9.21 Å². The minimum atomic E-state index is -3.12. The average molecular weight is 386 g/mol. The van der Waals surface area contributed by atoms with Gasteiger partial charge in [-0.05, 0) is 31.6 Å². The number of carbonyl (C=O) groups excluding carboxylic acids is 1. The van der Waals surface area contributed by atoms with Gasteiger partial charge in [0, 0.05) is 26.1 Å². The first-order valence-electron chi connectivity index (χ1n) is 10.1. The van der Waals surface area contributed by atoms with Gasteiger partial charge in [-0.15, -0.1) is 0 Å². The van der Waals surface area contributed by atoms with Gasteiger partial charge in [-0.1, -0.05) is 39.5 Å². The van der Waals surface area contributed by atoms with Crippen LogP contribution in [-0.2, 0) is 14.8 Å². The predicted molar refractivity (Wildman–Crippen MR) is 105 cm³/mol. The molecule has 0 aromatic carbocycles. The Morgan fingerprint density at radius 1 is 1.19 bits per heavy atom. The van der Waals surface area contributed by atoms with Crippen LogP contribution < -0.4 is 0 Å². The Hall–Kier alpha value is -0.950. The van der Waals surface area contributed by atoms with Crippen LogP contribution in [0.25, 0.3) is 0 Å². The van der Waals surface area contributed by atoms with Crippen molar-refractivity contribution in [1.29, 1.82) is 5.41 Å². The molecule has 2 aliphatic heterocycles. The predicted octanol–water partition coefficient (Wildman–Crippen LogP) is 3.23. The Morgan fingerprint density at radius 3 is 2.31 bits per heavy atom. The highest BCUT2D eigenvalue weighted by atomic mass is 32.2. The van der Waals surface area contributed by atoms with Crippen LogP contribution in [0.5, 0.6) is 0 Å². The number of amidine groups is 1. The number of nitrogens with one attached hydrogen (secondary N) is 1. The molecule has 1 unspecified atom stereocenters. The molecule has 1 N–H and O–H groups in total. The number of likely N-dealkylation sites (tertiary alicyclic amines) is 1. The summed E-state index contributed by atoms with van der Waals surface area (Å²) in [5.41, 5.74) is -0.364. The van der Waals surface area contributed by atoms with Gasteiger partial charge in [0.05, 0.1) is 11.7 Å². The minimum Gasteiger partial charge on any atom is -0.300 e. The summed E-state index contributed by atoms with van der Waals surface area (Å²) in [5.74, 6) is 0.883. The summed E-state index contributed by atoms with van der Waals surface area (Å²) in [6.45, 7) is 5.96. The Balaban J connectivity index is 1.97. The summed E-state index contributed by atoms with van der Waals surface area (Å²) in [5, 5.41) is 8.37. The molecular formula is C19H35N3O3S. The highest BCUT2D eigenvalue weighted by Crippen LogP contribution is 2.42. The van der Waals surface area contributed by atoms with Gasteiger partial charge in [-0.3, -0.25) is 10.2 Å². The summed E-state index contributed by atoms with van der Waals surface area (Å²) in [6, 6.07) is 0. The van der Waals surface area contributed by atoms with Crippen LogP contribution in [0.4, 0.5) is 0 Å². The Labute approximate surface area is 158 Å². The maximum Gasteiger partial charge on any atom is 0.234 e. The Bertz CT molecular complexity index is 610. The van der Waals surface area contributed by atoms with E-state index in [1.807, 2.05) is 0 Å². The molecule has 2 fully saturated rings. The van der Waals surface area contributed by atoms with Crippen molar-refractivity contribution in [2.75, 3.05) is 25.9 Å². The highest BCUT2D eigenvalue weighted by Gasteiger charge is 2.48. The summed E-state index contributed by atoms with van der Waals surface area (Å²) in [4.78, 5) is 14.8. The van der Waals surface area contributed by atoms with Crippen LogP contribution in [0.3, 0.4) is 0 Å². The van der Waals surface area contributed by atoms with E-state index in [2.05, 4.69) is 13.8 Å². The maximum absolute atomic E-state index is 13.2. The molecule has 1 atom stereocenters. The number of hydrogen-bond acceptors (Lipinski definition) is 4. The average Bonchev–Trinajstić information content (AvgIpc) is 3.14. The zero-order chi connectivity index (χ0) is 19.4. The van der Waals surface area contributed by atoms with Gasteiger partial charge >= 0.3 is 0 Å². The molecule has 0 spiro atoms. The summed E-state index contributed by atoms with van der Waals surface area (Å²) >= 11 is 0. The molecule has 2 saturated heterocycles. The third kappa shape index (κ3) is 4.85. The number of hydrogen-bond donors (Lipinski definition) is 1. The molecule has 7 heteroatoms. The van der Waals surface area contributed by atoms with Crippen LogP contribution in [0.2, 0.25) is 0 Å². The second kappa shape index (κ2) is 8.83. The van der Waals surface area contributed by atoms with Crippen LogP contribution in [0.1, 0.15) is 71.6 Å². The van der Waals surface area contributed by atoms with Crippen LogP contribution in [-0.4, -0.2) is 55.3 Å². The third-order valence-electron chi connectivity index (χ3n) is 6.03. The van der Waals surface area contributed by atoms with Crippen molar-refractivity contribution in [3.63, 3.8) is 0 Å². The number of amides is 1. The fourth-order valence-corrected chi connectivity index (χ4v) is 5.25. The van der Waals surface area contributed by atoms with Gasteiger partial charge in [0.2, 0.25) is 15.9 Å². The van der Waals surface area contributed by atoms with E-state index in [1.165, 1.54) is 10.6 Å².